The Kier molecular flexibility index (Phi) is 5.90. The summed E-state index contributed by atoms with van der Waals surface area (Å²) < 4.78 is 36.1. The third-order valence-corrected chi connectivity index (χ3v) is 3.11. The number of aliphatic hydroxyl groups is 1. The van der Waals surface area contributed by atoms with Gasteiger partial charge >= 0.3 is 6.18 Å². The van der Waals surface area contributed by atoms with Crippen molar-refractivity contribution >= 4 is 5.96 Å². The first-order chi connectivity index (χ1) is 8.85. The summed E-state index contributed by atoms with van der Waals surface area (Å²) in [6.07, 6.45) is -1.71. The lowest BCUT2D eigenvalue weighted by Crippen LogP contribution is -2.40. The van der Waals surface area contributed by atoms with E-state index < -0.39 is 18.2 Å². The molecule has 1 saturated carbocycles. The van der Waals surface area contributed by atoms with Gasteiger partial charge in [0.05, 0.1) is 18.6 Å². The van der Waals surface area contributed by atoms with E-state index in [1.165, 1.54) is 0 Å². The number of rotatable bonds is 5. The van der Waals surface area contributed by atoms with Crippen LogP contribution < -0.4 is 10.6 Å². The summed E-state index contributed by atoms with van der Waals surface area (Å²) in [4.78, 5) is 4.16. The number of alkyl halides is 3. The van der Waals surface area contributed by atoms with Gasteiger partial charge < -0.3 is 15.7 Å². The number of hydrogen-bond donors (Lipinski definition) is 3. The fourth-order valence-electron chi connectivity index (χ4n) is 2.08. The number of hydrogen-bond acceptors (Lipinski definition) is 2. The van der Waals surface area contributed by atoms with Crippen LogP contribution in [0.5, 0.6) is 0 Å². The van der Waals surface area contributed by atoms with Gasteiger partial charge in [-0.3, -0.25) is 4.99 Å². The Labute approximate surface area is 111 Å². The van der Waals surface area contributed by atoms with Gasteiger partial charge in [0.25, 0.3) is 0 Å². The van der Waals surface area contributed by atoms with E-state index in [-0.39, 0.29) is 13.1 Å². The highest BCUT2D eigenvalue weighted by atomic mass is 19.4. The molecule has 0 amide bonds. The maximum absolute atomic E-state index is 12.0. The molecule has 1 fully saturated rings. The Morgan fingerprint density at radius 2 is 1.89 bits per heavy atom. The molecular weight excluding hydrogens is 259 g/mol. The second kappa shape index (κ2) is 6.98. The molecule has 4 nitrogen and oxygen atoms in total. The van der Waals surface area contributed by atoms with E-state index in [2.05, 4.69) is 15.6 Å². The summed E-state index contributed by atoms with van der Waals surface area (Å²) in [7, 11) is 0. The summed E-state index contributed by atoms with van der Waals surface area (Å²) in [5.74, 6) is 0.326. The summed E-state index contributed by atoms with van der Waals surface area (Å²) in [5, 5.41) is 15.6. The third kappa shape index (κ3) is 6.66. The van der Waals surface area contributed by atoms with E-state index in [0.717, 1.165) is 12.8 Å². The molecule has 1 rings (SSSR count). The van der Waals surface area contributed by atoms with E-state index in [0.29, 0.717) is 25.3 Å². The molecule has 0 aromatic carbocycles. The fraction of sp³-hybridized carbons (Fsp3) is 0.917. The monoisotopic (exact) mass is 281 g/mol. The van der Waals surface area contributed by atoms with Crippen molar-refractivity contribution in [3.05, 3.63) is 0 Å². The molecule has 3 N–H and O–H groups in total. The lowest BCUT2D eigenvalue weighted by Gasteiger charge is -2.20. The molecule has 0 aromatic rings. The van der Waals surface area contributed by atoms with E-state index >= 15 is 0 Å². The molecule has 0 spiro atoms. The zero-order valence-corrected chi connectivity index (χ0v) is 11.2. The van der Waals surface area contributed by atoms with Gasteiger partial charge in [0.15, 0.2) is 5.96 Å². The topological polar surface area (TPSA) is 56.7 Å². The van der Waals surface area contributed by atoms with Gasteiger partial charge in [-0.2, -0.15) is 13.2 Å². The highest BCUT2D eigenvalue weighted by Gasteiger charge is 2.31. The molecule has 0 aromatic heterocycles. The molecule has 1 aliphatic rings. The Balaban J connectivity index is 2.42. The van der Waals surface area contributed by atoms with Gasteiger partial charge in [-0.1, -0.05) is 12.8 Å². The van der Waals surface area contributed by atoms with Crippen LogP contribution in [-0.4, -0.2) is 42.5 Å². The maximum Gasteiger partial charge on any atom is 0.390 e. The molecule has 0 radical (unpaired) electrons. The lowest BCUT2D eigenvalue weighted by molar-refractivity contribution is -0.132. The second-order valence-electron chi connectivity index (χ2n) is 4.92. The van der Waals surface area contributed by atoms with E-state index in [1.807, 2.05) is 6.92 Å². The van der Waals surface area contributed by atoms with Crippen molar-refractivity contribution < 1.29 is 18.3 Å². The van der Waals surface area contributed by atoms with Crippen LogP contribution in [0.1, 0.15) is 39.0 Å². The van der Waals surface area contributed by atoms with Gasteiger partial charge in [-0.25, -0.2) is 0 Å². The Morgan fingerprint density at radius 3 is 2.42 bits per heavy atom. The second-order valence-corrected chi connectivity index (χ2v) is 4.92. The molecule has 112 valence electrons. The van der Waals surface area contributed by atoms with Crippen molar-refractivity contribution in [3.8, 4) is 0 Å². The zero-order valence-electron chi connectivity index (χ0n) is 11.2. The summed E-state index contributed by atoms with van der Waals surface area (Å²) in [5.41, 5.74) is -0.785. The van der Waals surface area contributed by atoms with E-state index in [1.54, 1.807) is 0 Å². The number of halogens is 3. The van der Waals surface area contributed by atoms with Gasteiger partial charge in [-0.05, 0) is 19.8 Å². The molecule has 7 heteroatoms. The van der Waals surface area contributed by atoms with Crippen molar-refractivity contribution in [1.29, 1.82) is 0 Å². The molecule has 0 atom stereocenters. The van der Waals surface area contributed by atoms with Crippen LogP contribution in [0.25, 0.3) is 0 Å². The van der Waals surface area contributed by atoms with Crippen LogP contribution in [0.4, 0.5) is 13.2 Å². The largest absolute Gasteiger partial charge is 0.390 e. The van der Waals surface area contributed by atoms with Crippen LogP contribution in [-0.2, 0) is 0 Å². The fourth-order valence-corrected chi connectivity index (χ4v) is 2.08. The van der Waals surface area contributed by atoms with Gasteiger partial charge in [0.1, 0.15) is 0 Å². The Bertz CT molecular complexity index is 299. The summed E-state index contributed by atoms with van der Waals surface area (Å²) in [6, 6.07) is 0. The summed E-state index contributed by atoms with van der Waals surface area (Å²) >= 11 is 0. The minimum absolute atomic E-state index is 0.215. The number of nitrogens with zero attached hydrogens (tertiary/aromatic N) is 1. The molecule has 19 heavy (non-hydrogen) atoms. The van der Waals surface area contributed by atoms with Gasteiger partial charge in [0, 0.05) is 13.1 Å². The number of nitrogens with one attached hydrogen (secondary N) is 2. The molecule has 0 bridgehead atoms. The predicted octanol–water partition coefficient (Wildman–Crippen LogP) is 1.80. The average molecular weight is 281 g/mol. The van der Waals surface area contributed by atoms with E-state index in [4.69, 9.17) is 0 Å². The molecular formula is C12H22F3N3O. The Morgan fingerprint density at radius 1 is 1.26 bits per heavy atom. The molecule has 0 heterocycles. The van der Waals surface area contributed by atoms with Crippen molar-refractivity contribution in [2.75, 3.05) is 19.6 Å². The van der Waals surface area contributed by atoms with Gasteiger partial charge in [0.2, 0.25) is 0 Å². The standard InChI is InChI=1S/C12H22F3N3O/c1-2-16-10(17-8-7-12(13,14)15)18-9-11(19)5-3-4-6-11/h19H,2-9H2,1H3,(H2,16,17,18). The third-order valence-electron chi connectivity index (χ3n) is 3.11. The van der Waals surface area contributed by atoms with E-state index in [9.17, 15) is 18.3 Å². The van der Waals surface area contributed by atoms with Crippen LogP contribution in [0, 0.1) is 0 Å². The lowest BCUT2D eigenvalue weighted by atomic mass is 10.0. The highest BCUT2D eigenvalue weighted by Crippen LogP contribution is 2.29. The zero-order chi connectivity index (χ0) is 14.4. The van der Waals surface area contributed by atoms with Crippen molar-refractivity contribution in [1.82, 2.24) is 10.6 Å². The van der Waals surface area contributed by atoms with Crippen LogP contribution in [0.3, 0.4) is 0 Å². The quantitative estimate of drug-likeness (QED) is 0.532. The minimum Gasteiger partial charge on any atom is -0.388 e. The average Bonchev–Trinajstić information content (AvgIpc) is 2.72. The predicted molar refractivity (Wildman–Crippen MR) is 68.1 cm³/mol. The van der Waals surface area contributed by atoms with Crippen LogP contribution >= 0.6 is 0 Å². The first kappa shape index (κ1) is 16.1. The molecule has 0 aliphatic heterocycles. The van der Waals surface area contributed by atoms with Crippen LogP contribution in [0.2, 0.25) is 0 Å². The normalized spacial score (nSPS) is 19.5. The molecule has 0 saturated heterocycles. The summed E-state index contributed by atoms with van der Waals surface area (Å²) in [6.45, 7) is 2.42. The van der Waals surface area contributed by atoms with Crippen LogP contribution in [0.15, 0.2) is 4.99 Å². The van der Waals surface area contributed by atoms with Gasteiger partial charge in [-0.15, -0.1) is 0 Å². The smallest absolute Gasteiger partial charge is 0.388 e. The molecule has 0 unspecified atom stereocenters. The SMILES string of the molecule is CCNC(=NCC1(O)CCCC1)NCCC(F)(F)F. The Hall–Kier alpha value is -0.980. The number of aliphatic imine (C=N–C) groups is 1. The molecule has 1 aliphatic carbocycles. The maximum atomic E-state index is 12.0. The van der Waals surface area contributed by atoms with Crippen molar-refractivity contribution in [2.24, 2.45) is 4.99 Å². The van der Waals surface area contributed by atoms with Crippen molar-refractivity contribution in [2.45, 2.75) is 50.8 Å². The minimum atomic E-state index is -4.17. The number of guanidine groups is 1. The first-order valence-corrected chi connectivity index (χ1v) is 6.66. The first-order valence-electron chi connectivity index (χ1n) is 6.66. The van der Waals surface area contributed by atoms with Crippen molar-refractivity contribution in [3.63, 3.8) is 0 Å². The highest BCUT2D eigenvalue weighted by molar-refractivity contribution is 5.79.